The molecule has 0 spiro atoms. The minimum atomic E-state index is 0. The number of hydrogen-bond acceptors (Lipinski definition) is 1. The van der Waals surface area contributed by atoms with Crippen LogP contribution in [0.4, 0.5) is 0 Å². The van der Waals surface area contributed by atoms with Crippen molar-refractivity contribution in [3.8, 4) is 0 Å². The Labute approximate surface area is 140 Å². The fourth-order valence-electron chi connectivity index (χ4n) is 2.82. The normalized spacial score (nSPS) is 30.0. The van der Waals surface area contributed by atoms with Gasteiger partial charge in [0.1, 0.15) is 0 Å². The van der Waals surface area contributed by atoms with Crippen molar-refractivity contribution >= 4 is 0 Å². The molecule has 0 amide bonds. The Kier molecular flexibility index (Phi) is 11.4. The standard InChI is InChI=1S/C8H17N.C7H14N.Y/c1-3-8-4-6-9(2)7-5-8;1-6-3-7(2)5-8-4-6;/h8H,3-7H2,1-2H3;6-7H,3-5H2,1-2H3;/q;-1;. The van der Waals surface area contributed by atoms with Gasteiger partial charge in [-0.2, -0.15) is 0 Å². The molecule has 2 rings (SSSR count). The average Bonchev–Trinajstić information content (AvgIpc) is 2.30. The van der Waals surface area contributed by atoms with E-state index < -0.39 is 0 Å². The molecule has 0 bridgehead atoms. The van der Waals surface area contributed by atoms with Gasteiger partial charge in [-0.05, 0) is 38.9 Å². The largest absolute Gasteiger partial charge is 0.662 e. The predicted molar refractivity (Wildman–Crippen MR) is 76.6 cm³/mol. The Morgan fingerprint density at radius 1 is 1.06 bits per heavy atom. The van der Waals surface area contributed by atoms with E-state index in [0.717, 1.165) is 30.8 Å². The number of rotatable bonds is 1. The fraction of sp³-hybridized carbons (Fsp3) is 1.00. The van der Waals surface area contributed by atoms with Crippen LogP contribution in [0, 0.1) is 17.8 Å². The Balaban J connectivity index is 0.000000306. The SMILES string of the molecule is CC1C[N-]CC(C)C1.CCC1CCN(C)CC1.[Y]. The van der Waals surface area contributed by atoms with Gasteiger partial charge >= 0.3 is 0 Å². The van der Waals surface area contributed by atoms with Crippen LogP contribution in [-0.4, -0.2) is 38.1 Å². The van der Waals surface area contributed by atoms with Gasteiger partial charge in [0.25, 0.3) is 0 Å². The van der Waals surface area contributed by atoms with Crippen molar-refractivity contribution in [1.82, 2.24) is 4.90 Å². The molecule has 2 heterocycles. The maximum atomic E-state index is 4.34. The second-order valence-corrected chi connectivity index (χ2v) is 6.19. The van der Waals surface area contributed by atoms with Crippen LogP contribution in [0.25, 0.3) is 5.32 Å². The van der Waals surface area contributed by atoms with Crippen LogP contribution in [0.15, 0.2) is 0 Å². The first-order valence-electron chi connectivity index (χ1n) is 7.43. The van der Waals surface area contributed by atoms with E-state index in [0.29, 0.717) is 0 Å². The molecular weight excluding hydrogens is 297 g/mol. The molecule has 2 unspecified atom stereocenters. The van der Waals surface area contributed by atoms with Crippen LogP contribution in [-0.2, 0) is 32.7 Å². The van der Waals surface area contributed by atoms with Crippen molar-refractivity contribution in [3.05, 3.63) is 5.32 Å². The molecular formula is C15H31N2Y-. The summed E-state index contributed by atoms with van der Waals surface area (Å²) in [4.78, 5) is 2.42. The van der Waals surface area contributed by atoms with Gasteiger partial charge in [-0.1, -0.05) is 45.4 Å². The summed E-state index contributed by atoms with van der Waals surface area (Å²) in [5.74, 6) is 2.72. The second kappa shape index (κ2) is 10.8. The molecule has 105 valence electrons. The van der Waals surface area contributed by atoms with Gasteiger partial charge < -0.3 is 10.2 Å². The van der Waals surface area contributed by atoms with E-state index >= 15 is 0 Å². The summed E-state index contributed by atoms with van der Waals surface area (Å²) in [6.07, 6.45) is 5.61. The van der Waals surface area contributed by atoms with Gasteiger partial charge in [-0.3, -0.25) is 0 Å². The van der Waals surface area contributed by atoms with Crippen molar-refractivity contribution in [1.29, 1.82) is 0 Å². The van der Waals surface area contributed by atoms with Crippen LogP contribution in [0.2, 0.25) is 0 Å². The molecule has 18 heavy (non-hydrogen) atoms. The molecule has 0 saturated carbocycles. The Morgan fingerprint density at radius 2 is 1.56 bits per heavy atom. The summed E-state index contributed by atoms with van der Waals surface area (Å²) in [5.41, 5.74) is 0. The maximum Gasteiger partial charge on any atom is 0 e. The molecule has 1 radical (unpaired) electrons. The minimum absolute atomic E-state index is 0. The van der Waals surface area contributed by atoms with E-state index in [-0.39, 0.29) is 32.7 Å². The van der Waals surface area contributed by atoms with Crippen LogP contribution >= 0.6 is 0 Å². The minimum Gasteiger partial charge on any atom is -0.662 e. The molecule has 0 aliphatic carbocycles. The van der Waals surface area contributed by atoms with Crippen LogP contribution in [0.3, 0.4) is 0 Å². The van der Waals surface area contributed by atoms with Gasteiger partial charge in [0, 0.05) is 32.7 Å². The van der Waals surface area contributed by atoms with Gasteiger partial charge in [-0.15, -0.1) is 13.1 Å². The molecule has 2 saturated heterocycles. The van der Waals surface area contributed by atoms with Crippen LogP contribution in [0.1, 0.15) is 46.5 Å². The van der Waals surface area contributed by atoms with E-state index in [4.69, 9.17) is 0 Å². The first-order valence-corrected chi connectivity index (χ1v) is 7.43. The van der Waals surface area contributed by atoms with Crippen molar-refractivity contribution in [2.45, 2.75) is 46.5 Å². The number of likely N-dealkylation sites (tertiary alicyclic amines) is 1. The monoisotopic (exact) mass is 328 g/mol. The topological polar surface area (TPSA) is 17.3 Å². The molecule has 2 atom stereocenters. The summed E-state index contributed by atoms with van der Waals surface area (Å²) < 4.78 is 0. The summed E-state index contributed by atoms with van der Waals surface area (Å²) in [6.45, 7) is 11.7. The fourth-order valence-corrected chi connectivity index (χ4v) is 2.82. The van der Waals surface area contributed by atoms with Crippen molar-refractivity contribution < 1.29 is 32.7 Å². The Bertz CT molecular complexity index is 183. The predicted octanol–water partition coefficient (Wildman–Crippen LogP) is 3.77. The zero-order valence-corrected chi connectivity index (χ0v) is 15.7. The third-order valence-corrected chi connectivity index (χ3v) is 4.10. The van der Waals surface area contributed by atoms with Crippen LogP contribution < -0.4 is 0 Å². The molecule has 2 aliphatic rings. The molecule has 0 aromatic heterocycles. The van der Waals surface area contributed by atoms with E-state index in [1.807, 2.05) is 0 Å². The summed E-state index contributed by atoms with van der Waals surface area (Å²) in [6, 6.07) is 0. The first-order chi connectivity index (χ1) is 8.11. The van der Waals surface area contributed by atoms with Crippen molar-refractivity contribution in [2.24, 2.45) is 17.8 Å². The van der Waals surface area contributed by atoms with E-state index in [1.165, 1.54) is 38.8 Å². The molecule has 3 heteroatoms. The van der Waals surface area contributed by atoms with Gasteiger partial charge in [0.05, 0.1) is 0 Å². The van der Waals surface area contributed by atoms with E-state index in [1.54, 1.807) is 0 Å². The molecule has 0 aromatic carbocycles. The average molecular weight is 328 g/mol. The smallest absolute Gasteiger partial charge is 0 e. The molecule has 2 fully saturated rings. The zero-order chi connectivity index (χ0) is 12.7. The maximum absolute atomic E-state index is 4.34. The third kappa shape index (κ3) is 8.25. The molecule has 0 aromatic rings. The number of hydrogen-bond donors (Lipinski definition) is 0. The molecule has 2 nitrogen and oxygen atoms in total. The first kappa shape index (κ1) is 19.0. The quantitative estimate of drug-likeness (QED) is 0.716. The number of piperidine rings is 2. The zero-order valence-electron chi connectivity index (χ0n) is 12.9. The second-order valence-electron chi connectivity index (χ2n) is 6.19. The van der Waals surface area contributed by atoms with Crippen molar-refractivity contribution in [2.75, 3.05) is 33.2 Å². The third-order valence-electron chi connectivity index (χ3n) is 4.10. The molecule has 2 aliphatic heterocycles. The van der Waals surface area contributed by atoms with Gasteiger partial charge in [0.15, 0.2) is 0 Å². The van der Waals surface area contributed by atoms with Gasteiger partial charge in [0.2, 0.25) is 0 Å². The van der Waals surface area contributed by atoms with E-state index in [9.17, 15) is 0 Å². The Hall–Kier alpha value is 1.02. The molecule has 0 N–H and O–H groups in total. The summed E-state index contributed by atoms with van der Waals surface area (Å²) >= 11 is 0. The summed E-state index contributed by atoms with van der Waals surface area (Å²) in [7, 11) is 2.21. The van der Waals surface area contributed by atoms with Crippen molar-refractivity contribution in [3.63, 3.8) is 0 Å². The van der Waals surface area contributed by atoms with Crippen LogP contribution in [0.5, 0.6) is 0 Å². The van der Waals surface area contributed by atoms with Gasteiger partial charge in [-0.25, -0.2) is 0 Å². The Morgan fingerprint density at radius 3 is 1.89 bits per heavy atom. The summed E-state index contributed by atoms with van der Waals surface area (Å²) in [5, 5.41) is 4.34. The van der Waals surface area contributed by atoms with E-state index in [2.05, 4.69) is 38.0 Å². The number of nitrogens with zero attached hydrogens (tertiary/aromatic N) is 2.